The van der Waals surface area contributed by atoms with Gasteiger partial charge in [-0.25, -0.2) is 4.99 Å². The lowest BCUT2D eigenvalue weighted by atomic mass is 9.86. The molecule has 1 fully saturated rings. The fraction of sp³-hybridized carbons (Fsp3) is 0.250. The number of hydrogen-bond donors (Lipinski definition) is 1. The number of hydrogen-bond acceptors (Lipinski definition) is 5. The highest BCUT2D eigenvalue weighted by molar-refractivity contribution is 6.28. The SMILES string of the molecule is Cc1cc2c(cc1C(F)(F)F)N=C1N(c3ccc(C#N)cc3)CCC1(O)C2=O. The van der Waals surface area contributed by atoms with E-state index >= 15 is 0 Å². The average molecular weight is 385 g/mol. The van der Waals surface area contributed by atoms with Crippen LogP contribution in [0.4, 0.5) is 24.5 Å². The van der Waals surface area contributed by atoms with Gasteiger partial charge in [-0.2, -0.15) is 18.4 Å². The van der Waals surface area contributed by atoms with Crippen molar-refractivity contribution >= 4 is 23.0 Å². The topological polar surface area (TPSA) is 76.7 Å². The molecule has 5 nitrogen and oxygen atoms in total. The van der Waals surface area contributed by atoms with Gasteiger partial charge >= 0.3 is 6.18 Å². The number of anilines is 1. The number of ketones is 1. The van der Waals surface area contributed by atoms with Gasteiger partial charge in [0.2, 0.25) is 5.78 Å². The maximum absolute atomic E-state index is 13.3. The number of fused-ring (bicyclic) bond motifs is 2. The highest BCUT2D eigenvalue weighted by Crippen LogP contribution is 2.43. The van der Waals surface area contributed by atoms with Crippen LogP contribution in [0.25, 0.3) is 0 Å². The Bertz CT molecular complexity index is 1070. The molecule has 1 unspecified atom stereocenters. The second-order valence-electron chi connectivity index (χ2n) is 6.87. The summed E-state index contributed by atoms with van der Waals surface area (Å²) in [6.45, 7) is 1.55. The van der Waals surface area contributed by atoms with E-state index < -0.39 is 23.1 Å². The van der Waals surface area contributed by atoms with E-state index in [0.29, 0.717) is 11.3 Å². The van der Waals surface area contributed by atoms with Crippen molar-refractivity contribution in [1.82, 2.24) is 0 Å². The zero-order valence-electron chi connectivity index (χ0n) is 14.7. The van der Waals surface area contributed by atoms with Gasteiger partial charge in [0.15, 0.2) is 5.60 Å². The number of Topliss-reactive ketones (excluding diaryl/α,β-unsaturated/α-hetero) is 1. The Morgan fingerprint density at radius 3 is 2.54 bits per heavy atom. The maximum Gasteiger partial charge on any atom is 0.416 e. The first kappa shape index (κ1) is 18.2. The molecular weight excluding hydrogens is 371 g/mol. The monoisotopic (exact) mass is 385 g/mol. The van der Waals surface area contributed by atoms with Gasteiger partial charge in [0.25, 0.3) is 0 Å². The fourth-order valence-electron chi connectivity index (χ4n) is 3.66. The van der Waals surface area contributed by atoms with Crippen LogP contribution in [0.1, 0.15) is 33.5 Å². The van der Waals surface area contributed by atoms with Crippen LogP contribution in [0.15, 0.2) is 41.4 Å². The Hall–Kier alpha value is -3.18. The predicted octanol–water partition coefficient (Wildman–Crippen LogP) is 3.75. The third kappa shape index (κ3) is 2.59. The van der Waals surface area contributed by atoms with Crippen LogP contribution in [0.2, 0.25) is 0 Å². The third-order valence-corrected chi connectivity index (χ3v) is 5.13. The van der Waals surface area contributed by atoms with Crippen molar-refractivity contribution in [1.29, 1.82) is 5.26 Å². The van der Waals surface area contributed by atoms with Crippen molar-refractivity contribution in [3.8, 4) is 6.07 Å². The zero-order chi connectivity index (χ0) is 20.3. The van der Waals surface area contributed by atoms with E-state index in [2.05, 4.69) is 4.99 Å². The average Bonchev–Trinajstić information content (AvgIpc) is 2.99. The Balaban J connectivity index is 1.86. The molecule has 28 heavy (non-hydrogen) atoms. The summed E-state index contributed by atoms with van der Waals surface area (Å²) in [5.41, 5.74) is -1.93. The van der Waals surface area contributed by atoms with Gasteiger partial charge in [-0.15, -0.1) is 0 Å². The number of nitriles is 1. The number of rotatable bonds is 1. The van der Waals surface area contributed by atoms with Crippen molar-refractivity contribution in [2.45, 2.75) is 25.1 Å². The number of aliphatic imine (C=N–C) groups is 1. The van der Waals surface area contributed by atoms with Crippen molar-refractivity contribution in [2.24, 2.45) is 4.99 Å². The second kappa shape index (κ2) is 5.91. The summed E-state index contributed by atoms with van der Waals surface area (Å²) in [6.07, 6.45) is -4.50. The third-order valence-electron chi connectivity index (χ3n) is 5.13. The van der Waals surface area contributed by atoms with Gasteiger partial charge in [-0.3, -0.25) is 4.79 Å². The zero-order valence-corrected chi connectivity index (χ0v) is 14.7. The molecule has 0 radical (unpaired) electrons. The lowest BCUT2D eigenvalue weighted by molar-refractivity contribution is -0.138. The van der Waals surface area contributed by atoms with E-state index in [1.807, 2.05) is 6.07 Å². The van der Waals surface area contributed by atoms with E-state index in [0.717, 1.165) is 12.1 Å². The van der Waals surface area contributed by atoms with Crippen LogP contribution in [-0.4, -0.2) is 28.9 Å². The summed E-state index contributed by atoms with van der Waals surface area (Å²) in [5, 5.41) is 19.9. The number of alkyl halides is 3. The van der Waals surface area contributed by atoms with Crippen LogP contribution in [0.5, 0.6) is 0 Å². The summed E-state index contributed by atoms with van der Waals surface area (Å²) >= 11 is 0. The Labute approximate surface area is 158 Å². The van der Waals surface area contributed by atoms with Crippen LogP contribution in [0.3, 0.4) is 0 Å². The molecule has 1 atom stereocenters. The normalized spacial score (nSPS) is 21.1. The van der Waals surface area contributed by atoms with Gasteiger partial charge in [0.1, 0.15) is 5.84 Å². The molecule has 2 aliphatic heterocycles. The highest BCUT2D eigenvalue weighted by Gasteiger charge is 2.52. The summed E-state index contributed by atoms with van der Waals surface area (Å²) < 4.78 is 39.8. The summed E-state index contributed by atoms with van der Waals surface area (Å²) in [7, 11) is 0. The fourth-order valence-corrected chi connectivity index (χ4v) is 3.66. The van der Waals surface area contributed by atoms with Crippen LogP contribution in [0, 0.1) is 18.3 Å². The van der Waals surface area contributed by atoms with E-state index in [9.17, 15) is 23.1 Å². The van der Waals surface area contributed by atoms with Gasteiger partial charge in [-0.1, -0.05) is 0 Å². The Morgan fingerprint density at radius 2 is 1.93 bits per heavy atom. The molecule has 0 spiro atoms. The van der Waals surface area contributed by atoms with E-state index in [1.165, 1.54) is 6.92 Å². The quantitative estimate of drug-likeness (QED) is 0.811. The molecule has 0 aliphatic carbocycles. The summed E-state index contributed by atoms with van der Waals surface area (Å²) in [6, 6.07) is 10.4. The molecule has 4 rings (SSSR count). The molecule has 0 saturated carbocycles. The van der Waals surface area contributed by atoms with Gasteiger partial charge < -0.3 is 10.0 Å². The molecule has 8 heteroatoms. The molecule has 2 aromatic rings. The lowest BCUT2D eigenvalue weighted by Gasteiger charge is -2.30. The lowest BCUT2D eigenvalue weighted by Crippen LogP contribution is -2.48. The second-order valence-corrected chi connectivity index (χ2v) is 6.87. The number of amidine groups is 1. The molecule has 0 aromatic heterocycles. The molecule has 1 saturated heterocycles. The van der Waals surface area contributed by atoms with Crippen molar-refractivity contribution in [2.75, 3.05) is 11.4 Å². The first-order valence-electron chi connectivity index (χ1n) is 8.51. The number of aryl methyl sites for hydroxylation is 1. The summed E-state index contributed by atoms with van der Waals surface area (Å²) in [4.78, 5) is 18.8. The smallest absolute Gasteiger partial charge is 0.374 e. The Morgan fingerprint density at radius 1 is 1.25 bits per heavy atom. The number of benzene rings is 2. The standard InChI is InChI=1S/C20H14F3N3O2/c1-11-8-14-16(9-15(11)20(21,22)23)25-18-19(28,17(14)27)6-7-26(18)13-4-2-12(10-24)3-5-13/h2-5,8-9,28H,6-7H2,1H3. The van der Waals surface area contributed by atoms with Crippen molar-refractivity contribution in [3.63, 3.8) is 0 Å². The minimum absolute atomic E-state index is 0.00619. The maximum atomic E-state index is 13.3. The number of carbonyl (C=O) groups excluding carboxylic acids is 1. The van der Waals surface area contributed by atoms with Crippen molar-refractivity contribution in [3.05, 3.63) is 58.7 Å². The largest absolute Gasteiger partial charge is 0.416 e. The van der Waals surface area contributed by atoms with Gasteiger partial charge in [0, 0.05) is 24.2 Å². The molecule has 0 amide bonds. The molecule has 142 valence electrons. The predicted molar refractivity (Wildman–Crippen MR) is 95.7 cm³/mol. The van der Waals surface area contributed by atoms with Crippen LogP contribution < -0.4 is 4.90 Å². The van der Waals surface area contributed by atoms with E-state index in [-0.39, 0.29) is 35.6 Å². The number of aliphatic hydroxyl groups is 1. The first-order chi connectivity index (χ1) is 13.1. The minimum atomic E-state index is -4.57. The van der Waals surface area contributed by atoms with E-state index in [1.54, 1.807) is 29.2 Å². The van der Waals surface area contributed by atoms with Crippen LogP contribution >= 0.6 is 0 Å². The molecule has 1 N–H and O–H groups in total. The molecule has 0 bridgehead atoms. The first-order valence-corrected chi connectivity index (χ1v) is 8.51. The van der Waals surface area contributed by atoms with Gasteiger partial charge in [0.05, 0.1) is 22.9 Å². The molecule has 2 heterocycles. The van der Waals surface area contributed by atoms with Crippen LogP contribution in [-0.2, 0) is 6.18 Å². The van der Waals surface area contributed by atoms with Crippen molar-refractivity contribution < 1.29 is 23.1 Å². The number of nitrogens with zero attached hydrogens (tertiary/aromatic N) is 3. The van der Waals surface area contributed by atoms with E-state index in [4.69, 9.17) is 5.26 Å². The number of carbonyl (C=O) groups is 1. The minimum Gasteiger partial charge on any atom is -0.374 e. The molecular formula is C20H14F3N3O2. The Kier molecular flexibility index (Phi) is 3.84. The highest BCUT2D eigenvalue weighted by atomic mass is 19.4. The molecule has 2 aliphatic rings. The van der Waals surface area contributed by atoms with Gasteiger partial charge in [-0.05, 0) is 48.9 Å². The number of halogens is 3. The molecule has 2 aromatic carbocycles. The summed E-state index contributed by atoms with van der Waals surface area (Å²) in [5.74, 6) is -0.646.